The normalized spacial score (nSPS) is 11.0. The molecule has 0 aliphatic rings. The zero-order valence-electron chi connectivity index (χ0n) is 14.0. The summed E-state index contributed by atoms with van der Waals surface area (Å²) in [6.45, 7) is -0.417. The van der Waals surface area contributed by atoms with E-state index in [4.69, 9.17) is 21.4 Å². The van der Waals surface area contributed by atoms with Crippen LogP contribution in [-0.2, 0) is 10.5 Å². The minimum absolute atomic E-state index is 0.417. The van der Waals surface area contributed by atoms with E-state index in [0.29, 0.717) is 27.2 Å². The number of thioether (sulfide) groups is 1. The lowest BCUT2D eigenvalue weighted by molar-refractivity contribution is -0.139. The fourth-order valence-electron chi connectivity index (χ4n) is 2.10. The maximum atomic E-state index is 10.7. The number of nitrogens with zero attached hydrogens (tertiary/aromatic N) is 4. The maximum Gasteiger partial charge on any atom is 0.341 e. The second kappa shape index (κ2) is 9.20. The molecule has 138 valence electrons. The SMILES string of the molecule is O=C(O)COc1ccccc1/C=N\n1cnnc1SCc1ccc(Cl)cc1. The van der Waals surface area contributed by atoms with E-state index in [-0.39, 0.29) is 0 Å². The van der Waals surface area contributed by atoms with E-state index in [0.717, 1.165) is 5.56 Å². The van der Waals surface area contributed by atoms with Gasteiger partial charge in [-0.25, -0.2) is 4.79 Å². The smallest absolute Gasteiger partial charge is 0.341 e. The Bertz CT molecular complexity index is 944. The molecule has 1 heterocycles. The Hall–Kier alpha value is -2.84. The average Bonchev–Trinajstić information content (AvgIpc) is 3.12. The Morgan fingerprint density at radius 3 is 2.81 bits per heavy atom. The van der Waals surface area contributed by atoms with Gasteiger partial charge in [0.1, 0.15) is 12.1 Å². The molecule has 0 aliphatic carbocycles. The third-order valence-electron chi connectivity index (χ3n) is 3.37. The molecule has 0 saturated heterocycles. The molecule has 0 saturated carbocycles. The first-order valence-corrected chi connectivity index (χ1v) is 9.23. The van der Waals surface area contributed by atoms with Crippen LogP contribution in [0, 0.1) is 0 Å². The van der Waals surface area contributed by atoms with Crippen molar-refractivity contribution < 1.29 is 14.6 Å². The van der Waals surface area contributed by atoms with Crippen molar-refractivity contribution in [3.05, 3.63) is 71.0 Å². The minimum atomic E-state index is -1.04. The fourth-order valence-corrected chi connectivity index (χ4v) is 3.05. The molecule has 0 bridgehead atoms. The van der Waals surface area contributed by atoms with Crippen molar-refractivity contribution in [3.63, 3.8) is 0 Å². The molecule has 3 aromatic rings. The van der Waals surface area contributed by atoms with Gasteiger partial charge < -0.3 is 9.84 Å². The molecule has 2 aromatic carbocycles. The molecular formula is C18H15ClN4O3S. The summed E-state index contributed by atoms with van der Waals surface area (Å²) in [4.78, 5) is 10.7. The molecule has 27 heavy (non-hydrogen) atoms. The van der Waals surface area contributed by atoms with Crippen molar-refractivity contribution >= 4 is 35.5 Å². The van der Waals surface area contributed by atoms with Crippen LogP contribution in [0.4, 0.5) is 0 Å². The maximum absolute atomic E-state index is 10.7. The van der Waals surface area contributed by atoms with Crippen molar-refractivity contribution in [2.45, 2.75) is 10.9 Å². The molecule has 1 aromatic heterocycles. The summed E-state index contributed by atoms with van der Waals surface area (Å²) in [7, 11) is 0. The van der Waals surface area contributed by atoms with Crippen LogP contribution in [0.15, 0.2) is 65.1 Å². The van der Waals surface area contributed by atoms with Gasteiger partial charge in [0.05, 0.1) is 6.21 Å². The number of para-hydroxylation sites is 1. The zero-order valence-corrected chi connectivity index (χ0v) is 15.6. The summed E-state index contributed by atoms with van der Waals surface area (Å²) in [5.74, 6) is 0.0949. The van der Waals surface area contributed by atoms with E-state index in [1.165, 1.54) is 18.1 Å². The minimum Gasteiger partial charge on any atom is -0.481 e. The van der Waals surface area contributed by atoms with Crippen LogP contribution in [0.1, 0.15) is 11.1 Å². The Kier molecular flexibility index (Phi) is 6.45. The number of benzene rings is 2. The van der Waals surface area contributed by atoms with Crippen LogP contribution in [-0.4, -0.2) is 38.8 Å². The number of rotatable bonds is 8. The van der Waals surface area contributed by atoms with E-state index < -0.39 is 12.6 Å². The molecule has 0 aliphatic heterocycles. The van der Waals surface area contributed by atoms with Gasteiger partial charge in [-0.3, -0.25) is 0 Å². The molecule has 3 rings (SSSR count). The van der Waals surface area contributed by atoms with Crippen molar-refractivity contribution in [1.29, 1.82) is 0 Å². The van der Waals surface area contributed by atoms with E-state index in [9.17, 15) is 4.79 Å². The molecular weight excluding hydrogens is 388 g/mol. The molecule has 0 atom stereocenters. The number of aromatic nitrogens is 3. The number of hydrogen-bond donors (Lipinski definition) is 1. The summed E-state index contributed by atoms with van der Waals surface area (Å²) in [5.41, 5.74) is 1.76. The Balaban J connectivity index is 1.69. The highest BCUT2D eigenvalue weighted by Crippen LogP contribution is 2.22. The van der Waals surface area contributed by atoms with Gasteiger partial charge in [-0.15, -0.1) is 10.2 Å². The molecule has 7 nitrogen and oxygen atoms in total. The van der Waals surface area contributed by atoms with E-state index >= 15 is 0 Å². The van der Waals surface area contributed by atoms with Crippen LogP contribution in [0.3, 0.4) is 0 Å². The number of halogens is 1. The first-order valence-electron chi connectivity index (χ1n) is 7.87. The average molecular weight is 403 g/mol. The molecule has 0 fully saturated rings. The summed E-state index contributed by atoms with van der Waals surface area (Å²) < 4.78 is 6.82. The summed E-state index contributed by atoms with van der Waals surface area (Å²) in [6.07, 6.45) is 3.08. The van der Waals surface area contributed by atoms with Gasteiger partial charge in [0.2, 0.25) is 5.16 Å². The van der Waals surface area contributed by atoms with Crippen molar-refractivity contribution in [3.8, 4) is 5.75 Å². The number of carboxylic acids is 1. The van der Waals surface area contributed by atoms with Gasteiger partial charge in [0.25, 0.3) is 0 Å². The monoisotopic (exact) mass is 402 g/mol. The predicted molar refractivity (Wildman–Crippen MR) is 104 cm³/mol. The van der Waals surface area contributed by atoms with Crippen LogP contribution in [0.2, 0.25) is 5.02 Å². The molecule has 9 heteroatoms. The van der Waals surface area contributed by atoms with Crippen molar-refractivity contribution in [1.82, 2.24) is 14.9 Å². The molecule has 0 radical (unpaired) electrons. The van der Waals surface area contributed by atoms with Gasteiger partial charge in [0, 0.05) is 16.3 Å². The van der Waals surface area contributed by atoms with Crippen LogP contribution in [0.25, 0.3) is 0 Å². The summed E-state index contributed by atoms with van der Waals surface area (Å²) in [5, 5.41) is 22.4. The van der Waals surface area contributed by atoms with Gasteiger partial charge in [-0.05, 0) is 29.8 Å². The van der Waals surface area contributed by atoms with Crippen LogP contribution < -0.4 is 4.74 Å². The van der Waals surface area contributed by atoms with Crippen molar-refractivity contribution in [2.24, 2.45) is 5.10 Å². The summed E-state index contributed by atoms with van der Waals surface area (Å²) >= 11 is 7.38. The number of aliphatic carboxylic acids is 1. The Labute approximate surface area is 164 Å². The Morgan fingerprint density at radius 2 is 2.04 bits per heavy atom. The number of hydrogen-bond acceptors (Lipinski definition) is 6. The molecule has 1 N–H and O–H groups in total. The van der Waals surface area contributed by atoms with Gasteiger partial charge in [0.15, 0.2) is 6.61 Å². The van der Waals surface area contributed by atoms with E-state index in [1.807, 2.05) is 30.3 Å². The number of carbonyl (C=O) groups is 1. The highest BCUT2D eigenvalue weighted by molar-refractivity contribution is 7.98. The van der Waals surface area contributed by atoms with Gasteiger partial charge >= 0.3 is 5.97 Å². The molecule has 0 spiro atoms. The fraction of sp³-hybridized carbons (Fsp3) is 0.111. The van der Waals surface area contributed by atoms with Crippen LogP contribution in [0.5, 0.6) is 5.75 Å². The van der Waals surface area contributed by atoms with E-state index in [2.05, 4.69) is 15.3 Å². The standard InChI is InChI=1S/C18H15ClN4O3S/c19-15-7-5-13(6-8-15)11-27-18-22-20-12-23(18)21-9-14-3-1-2-4-16(14)26-10-17(24)25/h1-9,12H,10-11H2,(H,24,25)/b21-9-. The predicted octanol–water partition coefficient (Wildman–Crippen LogP) is 3.57. The number of carboxylic acid groups (broad SMARTS) is 1. The second-order valence-corrected chi connectivity index (χ2v) is 6.72. The first-order chi connectivity index (χ1) is 13.1. The highest BCUT2D eigenvalue weighted by atomic mass is 35.5. The molecule has 0 unspecified atom stereocenters. The summed E-state index contributed by atoms with van der Waals surface area (Å²) in [6, 6.07) is 14.6. The van der Waals surface area contributed by atoms with Crippen molar-refractivity contribution in [2.75, 3.05) is 6.61 Å². The third-order valence-corrected chi connectivity index (χ3v) is 4.63. The zero-order chi connectivity index (χ0) is 19.1. The second-order valence-electron chi connectivity index (χ2n) is 5.34. The Morgan fingerprint density at radius 1 is 1.26 bits per heavy atom. The highest BCUT2D eigenvalue weighted by Gasteiger charge is 2.06. The first kappa shape index (κ1) is 18.9. The largest absolute Gasteiger partial charge is 0.481 e. The lowest BCUT2D eigenvalue weighted by atomic mass is 10.2. The topological polar surface area (TPSA) is 89.6 Å². The lowest BCUT2D eigenvalue weighted by Gasteiger charge is -2.06. The quantitative estimate of drug-likeness (QED) is 0.457. The van der Waals surface area contributed by atoms with Gasteiger partial charge in [-0.1, -0.05) is 47.6 Å². The van der Waals surface area contributed by atoms with E-state index in [1.54, 1.807) is 29.1 Å². The third kappa shape index (κ3) is 5.57. The van der Waals surface area contributed by atoms with Crippen LogP contribution >= 0.6 is 23.4 Å². The van der Waals surface area contributed by atoms with Gasteiger partial charge in [-0.2, -0.15) is 9.78 Å². The molecule has 0 amide bonds. The number of ether oxygens (including phenoxy) is 1. The lowest BCUT2D eigenvalue weighted by Crippen LogP contribution is -2.10.